The summed E-state index contributed by atoms with van der Waals surface area (Å²) in [7, 11) is 0. The Kier molecular flexibility index (Phi) is 9.13. The van der Waals surface area contributed by atoms with Gasteiger partial charge in [-0.1, -0.05) is 48.9 Å². The summed E-state index contributed by atoms with van der Waals surface area (Å²) >= 11 is 0. The molecule has 0 aromatic heterocycles. The van der Waals surface area contributed by atoms with Crippen molar-refractivity contribution in [1.82, 2.24) is 0 Å². The molecular formula is C16H24O2. The van der Waals surface area contributed by atoms with Crippen LogP contribution < -0.4 is 0 Å². The molecule has 0 bridgehead atoms. The van der Waals surface area contributed by atoms with E-state index in [1.165, 1.54) is 18.4 Å². The van der Waals surface area contributed by atoms with Crippen molar-refractivity contribution in [2.45, 2.75) is 38.7 Å². The summed E-state index contributed by atoms with van der Waals surface area (Å²) in [5, 5.41) is 8.59. The van der Waals surface area contributed by atoms with Crippen molar-refractivity contribution in [3.8, 4) is 0 Å². The third-order valence-corrected chi connectivity index (χ3v) is 2.73. The minimum absolute atomic E-state index is 0.254. The van der Waals surface area contributed by atoms with Crippen LogP contribution in [0.25, 0.3) is 0 Å². The van der Waals surface area contributed by atoms with Gasteiger partial charge in [-0.05, 0) is 31.2 Å². The van der Waals surface area contributed by atoms with Gasteiger partial charge in [-0.25, -0.2) is 0 Å². The van der Waals surface area contributed by atoms with Gasteiger partial charge >= 0.3 is 0 Å². The highest BCUT2D eigenvalue weighted by Gasteiger charge is 1.92. The van der Waals surface area contributed by atoms with Crippen LogP contribution in [0, 0.1) is 0 Å². The zero-order valence-electron chi connectivity index (χ0n) is 11.1. The van der Waals surface area contributed by atoms with Crippen LogP contribution in [0.5, 0.6) is 0 Å². The van der Waals surface area contributed by atoms with Gasteiger partial charge in [0, 0.05) is 13.2 Å². The molecule has 1 aromatic rings. The highest BCUT2D eigenvalue weighted by Crippen LogP contribution is 2.04. The van der Waals surface area contributed by atoms with E-state index in [-0.39, 0.29) is 6.61 Å². The molecule has 0 unspecified atom stereocenters. The second-order valence-corrected chi connectivity index (χ2v) is 4.37. The van der Waals surface area contributed by atoms with Crippen LogP contribution in [-0.4, -0.2) is 18.3 Å². The Morgan fingerprint density at radius 3 is 2.50 bits per heavy atom. The first-order valence-corrected chi connectivity index (χ1v) is 6.81. The lowest BCUT2D eigenvalue weighted by Gasteiger charge is -2.03. The predicted molar refractivity (Wildman–Crippen MR) is 75.4 cm³/mol. The summed E-state index contributed by atoms with van der Waals surface area (Å²) in [5.74, 6) is 0. The van der Waals surface area contributed by atoms with Crippen LogP contribution in [0.3, 0.4) is 0 Å². The highest BCUT2D eigenvalue weighted by atomic mass is 16.5. The molecule has 2 heteroatoms. The average Bonchev–Trinajstić information content (AvgIpc) is 2.42. The standard InChI is InChI=1S/C16H24O2/c17-13-9-4-2-1-3-5-10-14-18-15-16-11-7-6-8-12-16/h2,4,6-8,11-12,17H,1,3,5,9-10,13-15H2/b4-2-. The first-order valence-electron chi connectivity index (χ1n) is 6.81. The molecule has 0 amide bonds. The fourth-order valence-electron chi connectivity index (χ4n) is 1.72. The van der Waals surface area contributed by atoms with Crippen LogP contribution in [0.1, 0.15) is 37.7 Å². The molecule has 0 saturated carbocycles. The molecule has 0 heterocycles. The zero-order valence-corrected chi connectivity index (χ0v) is 11.1. The molecule has 0 atom stereocenters. The Labute approximate surface area is 110 Å². The van der Waals surface area contributed by atoms with Gasteiger partial charge < -0.3 is 9.84 Å². The molecule has 0 spiro atoms. The molecule has 1 aromatic carbocycles. The molecule has 2 nitrogen and oxygen atoms in total. The fraction of sp³-hybridized carbons (Fsp3) is 0.500. The van der Waals surface area contributed by atoms with Gasteiger partial charge in [-0.3, -0.25) is 0 Å². The number of allylic oxidation sites excluding steroid dienone is 1. The van der Waals surface area contributed by atoms with Gasteiger partial charge in [0.15, 0.2) is 0 Å². The van der Waals surface area contributed by atoms with Crippen molar-refractivity contribution < 1.29 is 9.84 Å². The Balaban J connectivity index is 1.87. The minimum Gasteiger partial charge on any atom is -0.396 e. The average molecular weight is 248 g/mol. The van der Waals surface area contributed by atoms with Crippen molar-refractivity contribution in [3.05, 3.63) is 48.0 Å². The van der Waals surface area contributed by atoms with Gasteiger partial charge in [0.25, 0.3) is 0 Å². The van der Waals surface area contributed by atoms with Gasteiger partial charge in [-0.2, -0.15) is 0 Å². The molecule has 0 saturated heterocycles. The molecule has 0 fully saturated rings. The number of hydrogen-bond acceptors (Lipinski definition) is 2. The van der Waals surface area contributed by atoms with Crippen molar-refractivity contribution in [2.75, 3.05) is 13.2 Å². The van der Waals surface area contributed by atoms with E-state index in [0.717, 1.165) is 32.5 Å². The maximum atomic E-state index is 8.59. The molecule has 0 aliphatic heterocycles. The Morgan fingerprint density at radius 2 is 1.72 bits per heavy atom. The van der Waals surface area contributed by atoms with Gasteiger partial charge in [0.2, 0.25) is 0 Å². The SMILES string of the molecule is OCC/C=C\CCCCCOCc1ccccc1. The maximum absolute atomic E-state index is 8.59. The van der Waals surface area contributed by atoms with E-state index in [9.17, 15) is 0 Å². The molecule has 0 aliphatic rings. The Morgan fingerprint density at radius 1 is 0.944 bits per heavy atom. The lowest BCUT2D eigenvalue weighted by molar-refractivity contribution is 0.117. The van der Waals surface area contributed by atoms with Crippen molar-refractivity contribution >= 4 is 0 Å². The lowest BCUT2D eigenvalue weighted by atomic mass is 10.2. The molecular weight excluding hydrogens is 224 g/mol. The summed E-state index contributed by atoms with van der Waals surface area (Å²) in [6.07, 6.45) is 9.63. The Hall–Kier alpha value is -1.12. The summed E-state index contributed by atoms with van der Waals surface area (Å²) in [6.45, 7) is 1.82. The largest absolute Gasteiger partial charge is 0.396 e. The van der Waals surface area contributed by atoms with Gasteiger partial charge in [0.05, 0.1) is 6.61 Å². The number of aliphatic hydroxyl groups excluding tert-OH is 1. The maximum Gasteiger partial charge on any atom is 0.0716 e. The molecule has 1 rings (SSSR count). The molecule has 100 valence electrons. The predicted octanol–water partition coefficient (Wildman–Crippen LogP) is 3.70. The minimum atomic E-state index is 0.254. The van der Waals surface area contributed by atoms with Crippen LogP contribution in [-0.2, 0) is 11.3 Å². The zero-order chi connectivity index (χ0) is 12.9. The smallest absolute Gasteiger partial charge is 0.0716 e. The molecule has 0 aliphatic carbocycles. The van der Waals surface area contributed by atoms with Crippen molar-refractivity contribution in [2.24, 2.45) is 0 Å². The molecule has 1 N–H and O–H groups in total. The number of aliphatic hydroxyl groups is 1. The summed E-state index contributed by atoms with van der Waals surface area (Å²) in [5.41, 5.74) is 1.24. The topological polar surface area (TPSA) is 29.5 Å². The van der Waals surface area contributed by atoms with Crippen LogP contribution in [0.2, 0.25) is 0 Å². The number of benzene rings is 1. The first kappa shape index (κ1) is 14.9. The lowest BCUT2D eigenvalue weighted by Crippen LogP contribution is -1.95. The number of hydrogen-bond donors (Lipinski definition) is 1. The molecule has 18 heavy (non-hydrogen) atoms. The van der Waals surface area contributed by atoms with E-state index in [2.05, 4.69) is 18.2 Å². The van der Waals surface area contributed by atoms with E-state index in [1.54, 1.807) is 0 Å². The second kappa shape index (κ2) is 11.0. The summed E-state index contributed by atoms with van der Waals surface area (Å²) in [6, 6.07) is 10.3. The van der Waals surface area contributed by atoms with E-state index >= 15 is 0 Å². The third-order valence-electron chi connectivity index (χ3n) is 2.73. The first-order chi connectivity index (χ1) is 8.93. The molecule has 0 radical (unpaired) electrons. The van der Waals surface area contributed by atoms with Crippen molar-refractivity contribution in [1.29, 1.82) is 0 Å². The van der Waals surface area contributed by atoms with Crippen LogP contribution >= 0.6 is 0 Å². The number of ether oxygens (including phenoxy) is 1. The van der Waals surface area contributed by atoms with E-state index in [4.69, 9.17) is 9.84 Å². The van der Waals surface area contributed by atoms with E-state index < -0.39 is 0 Å². The Bertz CT molecular complexity index is 306. The van der Waals surface area contributed by atoms with E-state index in [1.807, 2.05) is 24.3 Å². The quantitative estimate of drug-likeness (QED) is 0.505. The monoisotopic (exact) mass is 248 g/mol. The van der Waals surface area contributed by atoms with Gasteiger partial charge in [0.1, 0.15) is 0 Å². The summed E-state index contributed by atoms with van der Waals surface area (Å²) < 4.78 is 5.61. The normalized spacial score (nSPS) is 11.2. The third kappa shape index (κ3) is 8.04. The summed E-state index contributed by atoms with van der Waals surface area (Å²) in [4.78, 5) is 0. The number of rotatable bonds is 10. The van der Waals surface area contributed by atoms with E-state index in [0.29, 0.717) is 0 Å². The second-order valence-electron chi connectivity index (χ2n) is 4.37. The van der Waals surface area contributed by atoms with Crippen LogP contribution in [0.4, 0.5) is 0 Å². The van der Waals surface area contributed by atoms with Gasteiger partial charge in [-0.15, -0.1) is 0 Å². The van der Waals surface area contributed by atoms with Crippen molar-refractivity contribution in [3.63, 3.8) is 0 Å². The van der Waals surface area contributed by atoms with Crippen LogP contribution in [0.15, 0.2) is 42.5 Å². The fourth-order valence-corrected chi connectivity index (χ4v) is 1.72. The highest BCUT2D eigenvalue weighted by molar-refractivity contribution is 5.13. The number of unbranched alkanes of at least 4 members (excludes halogenated alkanes) is 3.